The van der Waals surface area contributed by atoms with Crippen molar-refractivity contribution in [3.8, 4) is 0 Å². The van der Waals surface area contributed by atoms with E-state index in [1.54, 1.807) is 18.2 Å². The Hall–Kier alpha value is -2.08. The van der Waals surface area contributed by atoms with Gasteiger partial charge in [0.1, 0.15) is 5.82 Å². The molecule has 0 aliphatic carbocycles. The summed E-state index contributed by atoms with van der Waals surface area (Å²) in [5.74, 6) is 5.79. The number of rotatable bonds is 1. The van der Waals surface area contributed by atoms with Gasteiger partial charge >= 0.3 is 0 Å². The highest BCUT2D eigenvalue weighted by Crippen LogP contribution is 2.21. The van der Waals surface area contributed by atoms with E-state index < -0.39 is 0 Å². The Morgan fingerprint density at radius 3 is 2.64 bits per heavy atom. The third kappa shape index (κ3) is 1.27. The number of benzene rings is 1. The Kier molecular flexibility index (Phi) is 1.83. The number of hydrogen-bond donors (Lipinski definition) is 4. The van der Waals surface area contributed by atoms with Crippen molar-refractivity contribution in [1.82, 2.24) is 9.97 Å². The van der Waals surface area contributed by atoms with Crippen LogP contribution in [0.1, 0.15) is 0 Å². The molecular formula is C8H10N6. The number of fused-ring (bicyclic) bond motifs is 1. The van der Waals surface area contributed by atoms with Crippen LogP contribution in [0, 0.1) is 0 Å². The molecule has 72 valence electrons. The van der Waals surface area contributed by atoms with E-state index in [1.807, 2.05) is 0 Å². The molecule has 0 radical (unpaired) electrons. The summed E-state index contributed by atoms with van der Waals surface area (Å²) in [7, 11) is 0. The van der Waals surface area contributed by atoms with Crippen molar-refractivity contribution in [1.29, 1.82) is 0 Å². The predicted molar refractivity (Wildman–Crippen MR) is 56.2 cm³/mol. The maximum atomic E-state index is 5.68. The second-order valence-electron chi connectivity index (χ2n) is 2.84. The number of hydrogen-bond acceptors (Lipinski definition) is 6. The monoisotopic (exact) mass is 190 g/mol. The standard InChI is InChI=1S/C8H10N6/c9-7-5-3-4(14-11)1-2-6(5)12-8(10)13-7/h1-3,14H,11H2,(H4,9,10,12,13). The molecular weight excluding hydrogens is 180 g/mol. The van der Waals surface area contributed by atoms with Gasteiger partial charge in [0, 0.05) is 11.1 Å². The lowest BCUT2D eigenvalue weighted by molar-refractivity contribution is 1.24. The maximum Gasteiger partial charge on any atom is 0.222 e. The summed E-state index contributed by atoms with van der Waals surface area (Å²) >= 11 is 0. The van der Waals surface area contributed by atoms with Crippen LogP contribution in [0.5, 0.6) is 0 Å². The largest absolute Gasteiger partial charge is 0.383 e. The molecule has 0 atom stereocenters. The lowest BCUT2D eigenvalue weighted by Crippen LogP contribution is -2.07. The van der Waals surface area contributed by atoms with Crippen LogP contribution < -0.4 is 22.7 Å². The number of nitrogens with two attached hydrogens (primary N) is 3. The molecule has 0 aliphatic heterocycles. The smallest absolute Gasteiger partial charge is 0.222 e. The van der Waals surface area contributed by atoms with Crippen molar-refractivity contribution in [2.75, 3.05) is 16.9 Å². The van der Waals surface area contributed by atoms with Gasteiger partial charge in [0.05, 0.1) is 5.52 Å². The molecule has 6 nitrogen and oxygen atoms in total. The van der Waals surface area contributed by atoms with Gasteiger partial charge in [0.25, 0.3) is 0 Å². The van der Waals surface area contributed by atoms with Crippen LogP contribution in [0.3, 0.4) is 0 Å². The van der Waals surface area contributed by atoms with Crippen LogP contribution in [0.4, 0.5) is 17.5 Å². The fraction of sp³-hybridized carbons (Fsp3) is 0. The Morgan fingerprint density at radius 2 is 1.93 bits per heavy atom. The zero-order valence-corrected chi connectivity index (χ0v) is 7.36. The van der Waals surface area contributed by atoms with Gasteiger partial charge in [-0.25, -0.2) is 4.98 Å². The minimum atomic E-state index is 0.170. The SMILES string of the molecule is NNc1ccc2nc(N)nc(N)c2c1. The molecule has 14 heavy (non-hydrogen) atoms. The van der Waals surface area contributed by atoms with Crippen LogP contribution in [0.15, 0.2) is 18.2 Å². The number of nitrogens with zero attached hydrogens (tertiary/aromatic N) is 2. The fourth-order valence-electron chi connectivity index (χ4n) is 1.26. The van der Waals surface area contributed by atoms with Gasteiger partial charge in [-0.05, 0) is 18.2 Å². The Balaban J connectivity index is 2.75. The van der Waals surface area contributed by atoms with Crippen LogP contribution in [-0.4, -0.2) is 9.97 Å². The minimum absolute atomic E-state index is 0.170. The van der Waals surface area contributed by atoms with Gasteiger partial charge < -0.3 is 16.9 Å². The van der Waals surface area contributed by atoms with E-state index in [0.717, 1.165) is 11.1 Å². The van der Waals surface area contributed by atoms with Gasteiger partial charge in [0.2, 0.25) is 5.95 Å². The summed E-state index contributed by atoms with van der Waals surface area (Å²) in [4.78, 5) is 7.88. The quantitative estimate of drug-likeness (QED) is 0.374. The summed E-state index contributed by atoms with van der Waals surface area (Å²) in [6.07, 6.45) is 0. The van der Waals surface area contributed by atoms with E-state index >= 15 is 0 Å². The third-order valence-corrected chi connectivity index (χ3v) is 1.91. The van der Waals surface area contributed by atoms with Crippen LogP contribution in [-0.2, 0) is 0 Å². The van der Waals surface area contributed by atoms with Crippen molar-refractivity contribution in [2.24, 2.45) is 5.84 Å². The van der Waals surface area contributed by atoms with E-state index in [-0.39, 0.29) is 5.95 Å². The van der Waals surface area contributed by atoms with Gasteiger partial charge in [0.15, 0.2) is 0 Å². The summed E-state index contributed by atoms with van der Waals surface area (Å²) < 4.78 is 0. The van der Waals surface area contributed by atoms with Crippen molar-refractivity contribution in [3.63, 3.8) is 0 Å². The molecule has 2 rings (SSSR count). The van der Waals surface area contributed by atoms with Crippen LogP contribution in [0.2, 0.25) is 0 Å². The minimum Gasteiger partial charge on any atom is -0.383 e. The molecule has 0 aliphatic rings. The summed E-state index contributed by atoms with van der Waals surface area (Å²) in [6, 6.07) is 5.33. The Morgan fingerprint density at radius 1 is 1.14 bits per heavy atom. The van der Waals surface area contributed by atoms with E-state index in [1.165, 1.54) is 0 Å². The first-order valence-corrected chi connectivity index (χ1v) is 4.00. The topological polar surface area (TPSA) is 116 Å². The zero-order chi connectivity index (χ0) is 10.1. The first-order chi connectivity index (χ1) is 6.70. The molecule has 0 bridgehead atoms. The summed E-state index contributed by atoms with van der Waals surface area (Å²) in [5, 5.41) is 0.731. The molecule has 1 aromatic carbocycles. The molecule has 2 aromatic rings. The number of nitrogen functional groups attached to an aromatic ring is 3. The Bertz CT molecular complexity index is 480. The molecule has 0 saturated carbocycles. The first kappa shape index (κ1) is 8.52. The lowest BCUT2D eigenvalue weighted by atomic mass is 10.2. The fourth-order valence-corrected chi connectivity index (χ4v) is 1.26. The van der Waals surface area contributed by atoms with Gasteiger partial charge in [-0.3, -0.25) is 5.84 Å². The van der Waals surface area contributed by atoms with Crippen LogP contribution >= 0.6 is 0 Å². The number of anilines is 3. The molecule has 6 heteroatoms. The molecule has 1 aromatic heterocycles. The van der Waals surface area contributed by atoms with E-state index in [4.69, 9.17) is 17.3 Å². The van der Waals surface area contributed by atoms with Crippen molar-refractivity contribution >= 4 is 28.4 Å². The second kappa shape index (κ2) is 3.00. The van der Waals surface area contributed by atoms with E-state index in [9.17, 15) is 0 Å². The first-order valence-electron chi connectivity index (χ1n) is 4.00. The Labute approximate surface area is 80.1 Å². The molecule has 0 fully saturated rings. The summed E-state index contributed by atoms with van der Waals surface area (Å²) in [5.41, 5.74) is 15.1. The maximum absolute atomic E-state index is 5.68. The zero-order valence-electron chi connectivity index (χ0n) is 7.36. The molecule has 0 unspecified atom stereocenters. The van der Waals surface area contributed by atoms with Gasteiger partial charge in [-0.15, -0.1) is 0 Å². The number of nitrogens with one attached hydrogen (secondary N) is 1. The average molecular weight is 190 g/mol. The molecule has 1 heterocycles. The van der Waals surface area contributed by atoms with Gasteiger partial charge in [-0.2, -0.15) is 4.98 Å². The number of aromatic nitrogens is 2. The predicted octanol–water partition coefficient (Wildman–Crippen LogP) is 0.0798. The summed E-state index contributed by atoms with van der Waals surface area (Å²) in [6.45, 7) is 0. The highest BCUT2D eigenvalue weighted by molar-refractivity contribution is 5.91. The molecule has 7 N–H and O–H groups in total. The average Bonchev–Trinajstić information content (AvgIpc) is 2.17. The number of hydrazine groups is 1. The van der Waals surface area contributed by atoms with Crippen molar-refractivity contribution in [3.05, 3.63) is 18.2 Å². The highest BCUT2D eigenvalue weighted by atomic mass is 15.2. The van der Waals surface area contributed by atoms with Gasteiger partial charge in [-0.1, -0.05) is 0 Å². The molecule has 0 spiro atoms. The highest BCUT2D eigenvalue weighted by Gasteiger charge is 2.03. The third-order valence-electron chi connectivity index (χ3n) is 1.91. The second-order valence-corrected chi connectivity index (χ2v) is 2.84. The molecule has 0 amide bonds. The van der Waals surface area contributed by atoms with Crippen LogP contribution in [0.25, 0.3) is 10.9 Å². The normalized spacial score (nSPS) is 10.4. The van der Waals surface area contributed by atoms with E-state index in [0.29, 0.717) is 11.3 Å². The van der Waals surface area contributed by atoms with E-state index in [2.05, 4.69) is 15.4 Å². The van der Waals surface area contributed by atoms with Crippen molar-refractivity contribution in [2.45, 2.75) is 0 Å². The lowest BCUT2D eigenvalue weighted by Gasteiger charge is -2.04. The van der Waals surface area contributed by atoms with Crippen molar-refractivity contribution < 1.29 is 0 Å². The molecule has 0 saturated heterocycles.